The average Bonchev–Trinajstić information content (AvgIpc) is 1.97. The summed E-state index contributed by atoms with van der Waals surface area (Å²) < 4.78 is 13.5. The number of allylic oxidation sites excluding steroid dienone is 2. The Bertz CT molecular complexity index is 238. The molecule has 0 aromatic rings. The smallest absolute Gasteiger partial charge is 0.126 e. The maximum absolute atomic E-state index is 13.5. The van der Waals surface area contributed by atoms with Crippen LogP contribution in [0.25, 0.3) is 0 Å². The minimum atomic E-state index is -0.161. The van der Waals surface area contributed by atoms with E-state index >= 15 is 0 Å². The van der Waals surface area contributed by atoms with Crippen molar-refractivity contribution in [3.8, 4) is 0 Å². The van der Waals surface area contributed by atoms with Crippen LogP contribution in [0.1, 0.15) is 27.7 Å². The molecule has 0 aromatic heterocycles. The highest BCUT2D eigenvalue weighted by molar-refractivity contribution is 5.37. The summed E-state index contributed by atoms with van der Waals surface area (Å²) in [5, 5.41) is 2.97. The van der Waals surface area contributed by atoms with Crippen molar-refractivity contribution in [1.82, 2.24) is 5.32 Å². The SMILES string of the molecule is CC1=CNC(C)C(F)=C1C(C)C. The Morgan fingerprint density at radius 2 is 2.08 bits per heavy atom. The third-order valence-electron chi connectivity index (χ3n) is 2.19. The molecule has 0 fully saturated rings. The van der Waals surface area contributed by atoms with E-state index < -0.39 is 0 Å². The molecule has 0 bridgehead atoms. The zero-order chi connectivity index (χ0) is 9.30. The molecular formula is C10H16FN. The van der Waals surface area contributed by atoms with Crippen molar-refractivity contribution in [3.05, 3.63) is 23.2 Å². The Morgan fingerprint density at radius 1 is 1.50 bits per heavy atom. The first kappa shape index (κ1) is 9.30. The van der Waals surface area contributed by atoms with Crippen LogP contribution >= 0.6 is 0 Å². The van der Waals surface area contributed by atoms with Crippen LogP contribution in [0.15, 0.2) is 23.2 Å². The van der Waals surface area contributed by atoms with Gasteiger partial charge in [-0.05, 0) is 30.9 Å². The van der Waals surface area contributed by atoms with Crippen molar-refractivity contribution in [2.45, 2.75) is 33.7 Å². The van der Waals surface area contributed by atoms with Crippen LogP contribution in [0.5, 0.6) is 0 Å². The third-order valence-corrected chi connectivity index (χ3v) is 2.19. The molecule has 0 aliphatic carbocycles. The molecule has 2 heteroatoms. The van der Waals surface area contributed by atoms with Gasteiger partial charge in [-0.2, -0.15) is 0 Å². The summed E-state index contributed by atoms with van der Waals surface area (Å²) in [5.41, 5.74) is 1.88. The first-order valence-electron chi connectivity index (χ1n) is 4.36. The predicted octanol–water partition coefficient (Wildman–Crippen LogP) is 2.76. The predicted molar refractivity (Wildman–Crippen MR) is 49.3 cm³/mol. The molecule has 12 heavy (non-hydrogen) atoms. The third kappa shape index (κ3) is 1.52. The number of rotatable bonds is 1. The van der Waals surface area contributed by atoms with Gasteiger partial charge < -0.3 is 5.32 Å². The van der Waals surface area contributed by atoms with Gasteiger partial charge in [-0.15, -0.1) is 0 Å². The second-order valence-electron chi connectivity index (χ2n) is 3.63. The lowest BCUT2D eigenvalue weighted by Crippen LogP contribution is -2.27. The molecule has 0 amide bonds. The average molecular weight is 169 g/mol. The zero-order valence-electron chi connectivity index (χ0n) is 8.11. The van der Waals surface area contributed by atoms with Gasteiger partial charge in [0.05, 0.1) is 6.04 Å². The molecule has 0 radical (unpaired) electrons. The normalized spacial score (nSPS) is 24.2. The van der Waals surface area contributed by atoms with Gasteiger partial charge in [-0.25, -0.2) is 4.39 Å². The second kappa shape index (κ2) is 3.30. The lowest BCUT2D eigenvalue weighted by Gasteiger charge is -2.23. The van der Waals surface area contributed by atoms with Crippen molar-refractivity contribution < 1.29 is 4.39 Å². The maximum atomic E-state index is 13.5. The Labute approximate surface area is 73.4 Å². The Balaban J connectivity index is 3.03. The molecule has 0 saturated carbocycles. The van der Waals surface area contributed by atoms with Crippen LogP contribution in [0.4, 0.5) is 4.39 Å². The summed E-state index contributed by atoms with van der Waals surface area (Å²) in [6, 6.07) is -0.161. The zero-order valence-corrected chi connectivity index (χ0v) is 8.11. The van der Waals surface area contributed by atoms with Crippen LogP contribution in [0.3, 0.4) is 0 Å². The van der Waals surface area contributed by atoms with E-state index in [1.54, 1.807) is 0 Å². The highest BCUT2D eigenvalue weighted by atomic mass is 19.1. The molecule has 1 unspecified atom stereocenters. The highest BCUT2D eigenvalue weighted by Crippen LogP contribution is 2.28. The molecule has 0 saturated heterocycles. The molecular weight excluding hydrogens is 153 g/mol. The quantitative estimate of drug-likeness (QED) is 0.636. The second-order valence-corrected chi connectivity index (χ2v) is 3.63. The number of dihydropyridines is 1. The minimum absolute atomic E-state index is 0.00926. The monoisotopic (exact) mass is 169 g/mol. The standard InChI is InChI=1S/C10H16FN/c1-6(2)9-7(3)5-12-8(4)10(9)11/h5-6,8,12H,1-4H3. The summed E-state index contributed by atoms with van der Waals surface area (Å²) >= 11 is 0. The number of hydrogen-bond acceptors (Lipinski definition) is 1. The molecule has 68 valence electrons. The van der Waals surface area contributed by atoms with Gasteiger partial charge in [0.15, 0.2) is 0 Å². The molecule has 1 nitrogen and oxygen atoms in total. The van der Waals surface area contributed by atoms with Gasteiger partial charge in [0, 0.05) is 6.20 Å². The number of hydrogen-bond donors (Lipinski definition) is 1. The summed E-state index contributed by atoms with van der Waals surface area (Å²) in [6.45, 7) is 7.81. The van der Waals surface area contributed by atoms with Gasteiger partial charge >= 0.3 is 0 Å². The van der Waals surface area contributed by atoms with Crippen molar-refractivity contribution in [3.63, 3.8) is 0 Å². The maximum Gasteiger partial charge on any atom is 0.126 e. The van der Waals surface area contributed by atoms with E-state index in [0.717, 1.165) is 11.1 Å². The fourth-order valence-corrected chi connectivity index (χ4v) is 1.55. The molecule has 1 heterocycles. The minimum Gasteiger partial charge on any atom is -0.382 e. The van der Waals surface area contributed by atoms with Crippen LogP contribution in [-0.2, 0) is 0 Å². The van der Waals surface area contributed by atoms with Crippen LogP contribution in [-0.4, -0.2) is 6.04 Å². The lowest BCUT2D eigenvalue weighted by atomic mass is 9.92. The largest absolute Gasteiger partial charge is 0.382 e. The Kier molecular flexibility index (Phi) is 2.55. The fourth-order valence-electron chi connectivity index (χ4n) is 1.55. The van der Waals surface area contributed by atoms with E-state index in [9.17, 15) is 4.39 Å². The van der Waals surface area contributed by atoms with E-state index in [1.165, 1.54) is 0 Å². The van der Waals surface area contributed by atoms with Crippen LogP contribution in [0, 0.1) is 5.92 Å². The van der Waals surface area contributed by atoms with Gasteiger partial charge in [-0.3, -0.25) is 0 Å². The van der Waals surface area contributed by atoms with Crippen molar-refractivity contribution in [1.29, 1.82) is 0 Å². The van der Waals surface area contributed by atoms with E-state index in [-0.39, 0.29) is 17.8 Å². The number of halogens is 1. The molecule has 0 spiro atoms. The number of nitrogens with one attached hydrogen (secondary N) is 1. The van der Waals surface area contributed by atoms with Gasteiger partial charge in [-0.1, -0.05) is 13.8 Å². The van der Waals surface area contributed by atoms with E-state index in [1.807, 2.05) is 33.9 Å². The van der Waals surface area contributed by atoms with Gasteiger partial charge in [0.25, 0.3) is 0 Å². The molecule has 1 aliphatic heterocycles. The lowest BCUT2D eigenvalue weighted by molar-refractivity contribution is 0.491. The van der Waals surface area contributed by atoms with Gasteiger partial charge in [0.2, 0.25) is 0 Å². The van der Waals surface area contributed by atoms with E-state index in [2.05, 4.69) is 5.32 Å². The Morgan fingerprint density at radius 3 is 2.50 bits per heavy atom. The molecule has 1 atom stereocenters. The molecule has 1 aliphatic rings. The molecule has 0 aromatic carbocycles. The summed E-state index contributed by atoms with van der Waals surface area (Å²) in [6.07, 6.45) is 1.89. The van der Waals surface area contributed by atoms with Crippen molar-refractivity contribution in [2.75, 3.05) is 0 Å². The van der Waals surface area contributed by atoms with E-state index in [0.29, 0.717) is 0 Å². The van der Waals surface area contributed by atoms with Crippen LogP contribution < -0.4 is 5.32 Å². The highest BCUT2D eigenvalue weighted by Gasteiger charge is 2.20. The fraction of sp³-hybridized carbons (Fsp3) is 0.600. The first-order valence-corrected chi connectivity index (χ1v) is 4.36. The molecule has 1 N–H and O–H groups in total. The summed E-state index contributed by atoms with van der Waals surface area (Å²) in [5.74, 6) is 0.260. The van der Waals surface area contributed by atoms with Crippen molar-refractivity contribution >= 4 is 0 Å². The topological polar surface area (TPSA) is 12.0 Å². The Hall–Kier alpha value is -0.790. The molecule has 1 rings (SSSR count). The van der Waals surface area contributed by atoms with Gasteiger partial charge in [0.1, 0.15) is 5.83 Å². The van der Waals surface area contributed by atoms with E-state index in [4.69, 9.17) is 0 Å². The van der Waals surface area contributed by atoms with Crippen molar-refractivity contribution in [2.24, 2.45) is 5.92 Å². The van der Waals surface area contributed by atoms with Crippen LogP contribution in [0.2, 0.25) is 0 Å². The summed E-state index contributed by atoms with van der Waals surface area (Å²) in [4.78, 5) is 0. The first-order chi connectivity index (χ1) is 5.54. The summed E-state index contributed by atoms with van der Waals surface area (Å²) in [7, 11) is 0.